The summed E-state index contributed by atoms with van der Waals surface area (Å²) >= 11 is 1.54. The number of carbonyl (C=O) groups excluding carboxylic acids is 1. The number of thiazole rings is 1. The third-order valence-electron chi connectivity index (χ3n) is 6.30. The van der Waals surface area contributed by atoms with Gasteiger partial charge in [0.05, 0.1) is 23.9 Å². The van der Waals surface area contributed by atoms with Gasteiger partial charge in [0.15, 0.2) is 0 Å². The average molecular weight is 512 g/mol. The van der Waals surface area contributed by atoms with E-state index in [0.717, 1.165) is 54.6 Å². The summed E-state index contributed by atoms with van der Waals surface area (Å²) in [5, 5.41) is 6.05. The van der Waals surface area contributed by atoms with Crippen LogP contribution in [0.5, 0.6) is 0 Å². The van der Waals surface area contributed by atoms with Crippen LogP contribution in [0.3, 0.4) is 0 Å². The quantitative estimate of drug-likeness (QED) is 0.364. The van der Waals surface area contributed by atoms with Gasteiger partial charge in [0.2, 0.25) is 0 Å². The van der Waals surface area contributed by atoms with Crippen LogP contribution in [0.1, 0.15) is 30.7 Å². The van der Waals surface area contributed by atoms with Crippen molar-refractivity contribution < 1.29 is 14.3 Å². The lowest BCUT2D eigenvalue weighted by Gasteiger charge is -2.23. The van der Waals surface area contributed by atoms with E-state index in [4.69, 9.17) is 19.5 Å². The number of hydrogen-bond donors (Lipinski definition) is 1. The molecule has 1 unspecified atom stereocenters. The molecule has 1 aromatic carbocycles. The number of rotatable bonds is 9. The zero-order chi connectivity index (χ0) is 24.7. The number of nitrogens with one attached hydrogen (secondary N) is 1. The Hall–Kier alpha value is -2.13. The Labute approximate surface area is 213 Å². The number of hydrogen-bond acceptors (Lipinski definition) is 6. The summed E-state index contributed by atoms with van der Waals surface area (Å²) < 4.78 is 11.5. The van der Waals surface area contributed by atoms with Crippen LogP contribution < -0.4 is 5.32 Å². The van der Waals surface area contributed by atoms with Crippen LogP contribution in [-0.4, -0.2) is 63.2 Å². The van der Waals surface area contributed by atoms with E-state index in [1.807, 2.05) is 29.7 Å². The van der Waals surface area contributed by atoms with Crippen molar-refractivity contribution >= 4 is 31.0 Å². The molecule has 1 aromatic heterocycles. The molecule has 1 N–H and O–H groups in total. The smallest absolute Gasteiger partial charge is 0.253 e. The third kappa shape index (κ3) is 7.67. The fraction of sp³-hybridized carbons (Fsp3) is 0.519. The van der Waals surface area contributed by atoms with E-state index in [2.05, 4.69) is 37.1 Å². The van der Waals surface area contributed by atoms with E-state index < -0.39 is 8.07 Å². The molecule has 8 heteroatoms. The first-order chi connectivity index (χ1) is 16.9. The van der Waals surface area contributed by atoms with Crippen molar-refractivity contribution in [2.75, 3.05) is 26.4 Å². The Morgan fingerprint density at radius 3 is 2.69 bits per heavy atom. The zero-order valence-electron chi connectivity index (χ0n) is 21.1. The Balaban J connectivity index is 1.55. The average Bonchev–Trinajstić information content (AvgIpc) is 3.24. The second kappa shape index (κ2) is 12.2. The normalized spacial score (nSPS) is 19.6. The minimum Gasteiger partial charge on any atom is -0.381 e. The highest BCUT2D eigenvalue weighted by Crippen LogP contribution is 2.26. The second-order valence-corrected chi connectivity index (χ2v) is 17.0. The van der Waals surface area contributed by atoms with Gasteiger partial charge in [0.25, 0.3) is 5.91 Å². The van der Waals surface area contributed by atoms with Gasteiger partial charge in [-0.2, -0.15) is 0 Å². The van der Waals surface area contributed by atoms with E-state index in [9.17, 15) is 4.79 Å². The molecule has 6 nitrogen and oxygen atoms in total. The molecule has 0 saturated carbocycles. The number of carbonyl (C=O) groups is 1. The molecule has 35 heavy (non-hydrogen) atoms. The molecule has 1 saturated heterocycles. The van der Waals surface area contributed by atoms with E-state index in [-0.39, 0.29) is 18.0 Å². The van der Waals surface area contributed by atoms with Gasteiger partial charge in [-0.1, -0.05) is 56.0 Å². The molecule has 188 valence electrons. The lowest BCUT2D eigenvalue weighted by molar-refractivity contribution is -0.118. The number of aliphatic imine (C=N–C) groups is 1. The lowest BCUT2D eigenvalue weighted by atomic mass is 10.1. The van der Waals surface area contributed by atoms with Crippen LogP contribution in [0.2, 0.25) is 25.7 Å². The molecule has 2 aliphatic rings. The highest BCUT2D eigenvalue weighted by molar-refractivity contribution is 7.12. The van der Waals surface area contributed by atoms with Crippen LogP contribution >= 0.6 is 11.3 Å². The number of aromatic nitrogens is 1. The predicted molar refractivity (Wildman–Crippen MR) is 146 cm³/mol. The van der Waals surface area contributed by atoms with E-state index in [1.165, 1.54) is 0 Å². The minimum absolute atomic E-state index is 0.0142. The number of nitrogens with zero attached hydrogens (tertiary/aromatic N) is 2. The Morgan fingerprint density at radius 2 is 1.94 bits per heavy atom. The van der Waals surface area contributed by atoms with Crippen molar-refractivity contribution in [3.63, 3.8) is 0 Å². The van der Waals surface area contributed by atoms with Crippen LogP contribution in [0.15, 0.2) is 52.4 Å². The molecule has 1 atom stereocenters. The van der Waals surface area contributed by atoms with Crippen LogP contribution in [-0.2, 0) is 14.3 Å². The molecule has 0 aliphatic carbocycles. The summed E-state index contributed by atoms with van der Waals surface area (Å²) in [6.07, 6.45) is 5.38. The van der Waals surface area contributed by atoms with Gasteiger partial charge in [-0.15, -0.1) is 11.3 Å². The van der Waals surface area contributed by atoms with Crippen LogP contribution in [0.25, 0.3) is 11.3 Å². The summed E-state index contributed by atoms with van der Waals surface area (Å²) in [6.45, 7) is 9.81. The van der Waals surface area contributed by atoms with Crippen LogP contribution in [0.4, 0.5) is 0 Å². The predicted octanol–water partition coefficient (Wildman–Crippen LogP) is 5.34. The maximum atomic E-state index is 13.4. The molecule has 0 spiro atoms. The van der Waals surface area contributed by atoms with Gasteiger partial charge in [0, 0.05) is 44.9 Å². The SMILES string of the molecule is C[Si](C)(C)CCOCC1CCC=C(C(=O)NC2CCOCC2)C(c2nc(-c3ccccc3)cs2)=N1. The molecule has 1 amide bonds. The van der Waals surface area contributed by atoms with Crippen molar-refractivity contribution in [1.29, 1.82) is 0 Å². The second-order valence-electron chi connectivity index (χ2n) is 10.5. The van der Waals surface area contributed by atoms with Crippen LogP contribution in [0, 0.1) is 0 Å². The van der Waals surface area contributed by atoms with Crippen molar-refractivity contribution in [3.05, 3.63) is 52.4 Å². The van der Waals surface area contributed by atoms with E-state index in [0.29, 0.717) is 31.1 Å². The van der Waals surface area contributed by atoms with Gasteiger partial charge in [0.1, 0.15) is 10.7 Å². The van der Waals surface area contributed by atoms with Gasteiger partial charge >= 0.3 is 0 Å². The molecule has 0 bridgehead atoms. The maximum absolute atomic E-state index is 13.4. The van der Waals surface area contributed by atoms with Crippen molar-refractivity contribution in [3.8, 4) is 11.3 Å². The standard InChI is InChI=1S/C27H37N3O3SSi/c1-35(2,3)17-16-33-18-22-10-7-11-23(26(31)29-21-12-14-32-15-13-21)25(28-22)27-30-24(19-34-27)20-8-5-4-6-9-20/h4-6,8-9,11,19,21-22H,7,10,12-18H2,1-3H3,(H,29,31). The van der Waals surface area contributed by atoms with E-state index >= 15 is 0 Å². The molecule has 3 heterocycles. The molecule has 2 aliphatic heterocycles. The maximum Gasteiger partial charge on any atom is 0.253 e. The fourth-order valence-electron chi connectivity index (χ4n) is 4.15. The van der Waals surface area contributed by atoms with Gasteiger partial charge < -0.3 is 14.8 Å². The first kappa shape index (κ1) is 25.9. The number of allylic oxidation sites excluding steroid dienone is 1. The molecule has 1 fully saturated rings. The Kier molecular flexibility index (Phi) is 9.05. The largest absolute Gasteiger partial charge is 0.381 e. The van der Waals surface area contributed by atoms with Gasteiger partial charge in [-0.05, 0) is 31.7 Å². The third-order valence-corrected chi connectivity index (χ3v) is 8.85. The summed E-state index contributed by atoms with van der Waals surface area (Å²) in [7, 11) is -1.14. The van der Waals surface area contributed by atoms with Gasteiger partial charge in [-0.3, -0.25) is 9.79 Å². The summed E-state index contributed by atoms with van der Waals surface area (Å²) in [6, 6.07) is 11.4. The summed E-state index contributed by atoms with van der Waals surface area (Å²) in [4.78, 5) is 23.4. The molecule has 2 aromatic rings. The summed E-state index contributed by atoms with van der Waals surface area (Å²) in [5.74, 6) is -0.0626. The topological polar surface area (TPSA) is 72.8 Å². The number of ether oxygens (including phenoxy) is 2. The first-order valence-corrected chi connectivity index (χ1v) is 17.2. The Morgan fingerprint density at radius 1 is 1.17 bits per heavy atom. The zero-order valence-corrected chi connectivity index (χ0v) is 22.9. The Bertz CT molecular complexity index is 1040. The number of benzene rings is 1. The lowest BCUT2D eigenvalue weighted by Crippen LogP contribution is -2.40. The van der Waals surface area contributed by atoms with Crippen molar-refractivity contribution in [2.24, 2.45) is 4.99 Å². The van der Waals surface area contributed by atoms with Crippen molar-refractivity contribution in [1.82, 2.24) is 10.3 Å². The summed E-state index contributed by atoms with van der Waals surface area (Å²) in [5.41, 5.74) is 3.30. The molecular weight excluding hydrogens is 474 g/mol. The minimum atomic E-state index is -1.14. The number of amides is 1. The highest BCUT2D eigenvalue weighted by atomic mass is 32.1. The fourth-order valence-corrected chi connectivity index (χ4v) is 5.75. The molecule has 0 radical (unpaired) electrons. The van der Waals surface area contributed by atoms with Crippen molar-refractivity contribution in [2.45, 2.75) is 63.5 Å². The van der Waals surface area contributed by atoms with Gasteiger partial charge in [-0.25, -0.2) is 4.98 Å². The highest BCUT2D eigenvalue weighted by Gasteiger charge is 2.27. The monoisotopic (exact) mass is 511 g/mol. The molecule has 4 rings (SSSR count). The first-order valence-electron chi connectivity index (χ1n) is 12.6. The molecular formula is C27H37N3O3SSi. The van der Waals surface area contributed by atoms with E-state index in [1.54, 1.807) is 11.3 Å².